The van der Waals surface area contributed by atoms with Gasteiger partial charge < -0.3 is 5.32 Å². The Hall–Kier alpha value is -2.43. The van der Waals surface area contributed by atoms with Gasteiger partial charge >= 0.3 is 0 Å². The Morgan fingerprint density at radius 3 is 2.67 bits per heavy atom. The number of nitrogens with zero attached hydrogens (tertiary/aromatic N) is 2. The molecule has 0 aliphatic carbocycles. The van der Waals surface area contributed by atoms with Crippen LogP contribution >= 0.6 is 0 Å². The van der Waals surface area contributed by atoms with Crippen LogP contribution in [0.2, 0.25) is 0 Å². The summed E-state index contributed by atoms with van der Waals surface area (Å²) in [7, 11) is 0. The maximum atomic E-state index is 10.9. The van der Waals surface area contributed by atoms with E-state index in [1.54, 1.807) is 24.5 Å². The Labute approximate surface area is 105 Å². The molecule has 0 aliphatic heterocycles. The molecule has 0 fully saturated rings. The molecule has 0 spiro atoms. The van der Waals surface area contributed by atoms with Crippen LogP contribution in [-0.2, 0) is 6.54 Å². The van der Waals surface area contributed by atoms with Crippen molar-refractivity contribution >= 4 is 11.4 Å². The highest BCUT2D eigenvalue weighted by molar-refractivity contribution is 5.62. The zero-order chi connectivity index (χ0) is 13.0. The summed E-state index contributed by atoms with van der Waals surface area (Å²) in [5.74, 6) is 0. The summed E-state index contributed by atoms with van der Waals surface area (Å²) >= 11 is 0. The molecular weight excluding hydrogens is 230 g/mol. The van der Waals surface area contributed by atoms with Gasteiger partial charge in [-0.25, -0.2) is 0 Å². The fourth-order valence-corrected chi connectivity index (χ4v) is 1.65. The molecule has 0 unspecified atom stereocenters. The minimum absolute atomic E-state index is 0.0923. The first-order valence-corrected chi connectivity index (χ1v) is 5.54. The fraction of sp³-hybridized carbons (Fsp3) is 0.154. The van der Waals surface area contributed by atoms with Crippen molar-refractivity contribution in [2.45, 2.75) is 13.5 Å². The van der Waals surface area contributed by atoms with Gasteiger partial charge in [0.15, 0.2) is 0 Å². The largest absolute Gasteiger partial charge is 0.375 e. The molecule has 0 aliphatic rings. The monoisotopic (exact) mass is 243 g/mol. The van der Waals surface area contributed by atoms with Crippen molar-refractivity contribution in [1.29, 1.82) is 0 Å². The summed E-state index contributed by atoms with van der Waals surface area (Å²) in [4.78, 5) is 14.4. The van der Waals surface area contributed by atoms with Crippen molar-refractivity contribution in [3.63, 3.8) is 0 Å². The summed E-state index contributed by atoms with van der Waals surface area (Å²) in [6.45, 7) is 2.44. The van der Waals surface area contributed by atoms with E-state index in [1.807, 2.05) is 19.1 Å². The normalized spacial score (nSPS) is 10.1. The Bertz CT molecular complexity index is 555. The van der Waals surface area contributed by atoms with E-state index in [0.29, 0.717) is 12.2 Å². The third-order valence-corrected chi connectivity index (χ3v) is 2.58. The lowest BCUT2D eigenvalue weighted by atomic mass is 10.2. The number of nitro benzene ring substituents is 1. The third-order valence-electron chi connectivity index (χ3n) is 2.58. The van der Waals surface area contributed by atoms with Gasteiger partial charge in [0, 0.05) is 25.0 Å². The summed E-state index contributed by atoms with van der Waals surface area (Å²) < 4.78 is 0. The molecule has 0 bridgehead atoms. The van der Waals surface area contributed by atoms with Crippen molar-refractivity contribution in [2.75, 3.05) is 5.32 Å². The van der Waals surface area contributed by atoms with Gasteiger partial charge in [-0.2, -0.15) is 0 Å². The van der Waals surface area contributed by atoms with E-state index in [-0.39, 0.29) is 10.6 Å². The number of nitro groups is 1. The summed E-state index contributed by atoms with van der Waals surface area (Å²) in [6, 6.07) is 8.77. The summed E-state index contributed by atoms with van der Waals surface area (Å²) in [5.41, 5.74) is 2.64. The van der Waals surface area contributed by atoms with E-state index in [4.69, 9.17) is 0 Å². The van der Waals surface area contributed by atoms with Crippen LogP contribution in [0.1, 0.15) is 11.1 Å². The number of aryl methyl sites for hydroxylation is 1. The van der Waals surface area contributed by atoms with Crippen LogP contribution in [0, 0.1) is 17.0 Å². The van der Waals surface area contributed by atoms with Crippen molar-refractivity contribution < 1.29 is 4.92 Å². The van der Waals surface area contributed by atoms with Gasteiger partial charge in [0.05, 0.1) is 4.92 Å². The van der Waals surface area contributed by atoms with E-state index in [1.165, 1.54) is 6.07 Å². The Morgan fingerprint density at radius 2 is 2.00 bits per heavy atom. The third kappa shape index (κ3) is 2.82. The van der Waals surface area contributed by atoms with Crippen molar-refractivity contribution in [2.24, 2.45) is 0 Å². The molecule has 92 valence electrons. The van der Waals surface area contributed by atoms with Gasteiger partial charge in [-0.1, -0.05) is 6.07 Å². The lowest BCUT2D eigenvalue weighted by Crippen LogP contribution is -2.03. The summed E-state index contributed by atoms with van der Waals surface area (Å²) in [5, 5.41) is 14.0. The number of pyridine rings is 1. The lowest BCUT2D eigenvalue weighted by molar-refractivity contribution is -0.384. The number of aromatic nitrogens is 1. The smallest absolute Gasteiger partial charge is 0.292 e. The molecule has 5 nitrogen and oxygen atoms in total. The number of hydrogen-bond donors (Lipinski definition) is 1. The van der Waals surface area contributed by atoms with Gasteiger partial charge in [-0.3, -0.25) is 15.1 Å². The summed E-state index contributed by atoms with van der Waals surface area (Å²) in [6.07, 6.45) is 3.39. The van der Waals surface area contributed by atoms with Gasteiger partial charge in [0.1, 0.15) is 5.69 Å². The van der Waals surface area contributed by atoms with Crippen molar-refractivity contribution in [3.05, 3.63) is 64.0 Å². The number of hydrogen-bond acceptors (Lipinski definition) is 4. The second kappa shape index (κ2) is 5.27. The van der Waals surface area contributed by atoms with Crippen molar-refractivity contribution in [3.8, 4) is 0 Å². The molecule has 0 amide bonds. The topological polar surface area (TPSA) is 68.1 Å². The van der Waals surface area contributed by atoms with Crippen LogP contribution in [0.4, 0.5) is 11.4 Å². The van der Waals surface area contributed by atoms with E-state index >= 15 is 0 Å². The second-order valence-electron chi connectivity index (χ2n) is 3.99. The van der Waals surface area contributed by atoms with Crippen LogP contribution in [-0.4, -0.2) is 9.91 Å². The molecule has 0 saturated heterocycles. The fourth-order valence-electron chi connectivity index (χ4n) is 1.65. The molecular formula is C13H13N3O2. The molecule has 2 rings (SSSR count). The second-order valence-corrected chi connectivity index (χ2v) is 3.99. The average molecular weight is 243 g/mol. The van der Waals surface area contributed by atoms with Crippen LogP contribution < -0.4 is 5.32 Å². The lowest BCUT2D eigenvalue weighted by Gasteiger charge is -2.07. The Kier molecular flexibility index (Phi) is 3.52. The highest BCUT2D eigenvalue weighted by Gasteiger charge is 2.12. The van der Waals surface area contributed by atoms with Gasteiger partial charge in [0.2, 0.25) is 0 Å². The quantitative estimate of drug-likeness (QED) is 0.662. The highest BCUT2D eigenvalue weighted by atomic mass is 16.6. The molecule has 1 N–H and O–H groups in total. The van der Waals surface area contributed by atoms with E-state index in [0.717, 1.165) is 11.1 Å². The Balaban J connectivity index is 2.18. The minimum Gasteiger partial charge on any atom is -0.375 e. The highest BCUT2D eigenvalue weighted by Crippen LogP contribution is 2.25. The molecule has 0 radical (unpaired) electrons. The number of anilines is 1. The number of nitrogens with one attached hydrogen (secondary N) is 1. The molecule has 0 saturated carbocycles. The van der Waals surface area contributed by atoms with Gasteiger partial charge in [0.25, 0.3) is 5.69 Å². The zero-order valence-electron chi connectivity index (χ0n) is 9.96. The van der Waals surface area contributed by atoms with Gasteiger partial charge in [-0.15, -0.1) is 0 Å². The zero-order valence-corrected chi connectivity index (χ0v) is 9.96. The van der Waals surface area contributed by atoms with E-state index < -0.39 is 0 Å². The maximum Gasteiger partial charge on any atom is 0.292 e. The molecule has 1 aromatic heterocycles. The Morgan fingerprint density at radius 1 is 1.28 bits per heavy atom. The van der Waals surface area contributed by atoms with Crippen LogP contribution in [0.25, 0.3) is 0 Å². The molecule has 0 atom stereocenters. The maximum absolute atomic E-state index is 10.9. The minimum atomic E-state index is -0.381. The van der Waals surface area contributed by atoms with Crippen LogP contribution in [0.3, 0.4) is 0 Å². The predicted molar refractivity (Wildman–Crippen MR) is 69.4 cm³/mol. The molecule has 18 heavy (non-hydrogen) atoms. The molecule has 2 aromatic rings. The average Bonchev–Trinajstić information content (AvgIpc) is 2.37. The number of rotatable bonds is 4. The standard InChI is InChI=1S/C13H13N3O2/c1-10-2-3-13(16(17)18)12(8-10)15-9-11-4-6-14-7-5-11/h2-8,15H,9H2,1H3. The molecule has 1 aromatic carbocycles. The first kappa shape index (κ1) is 12.0. The van der Waals surface area contributed by atoms with E-state index in [9.17, 15) is 10.1 Å². The first-order chi connectivity index (χ1) is 8.66. The van der Waals surface area contributed by atoms with E-state index in [2.05, 4.69) is 10.3 Å². The van der Waals surface area contributed by atoms with Crippen LogP contribution in [0.5, 0.6) is 0 Å². The van der Waals surface area contributed by atoms with Gasteiger partial charge in [-0.05, 0) is 36.2 Å². The SMILES string of the molecule is Cc1ccc([N+](=O)[O-])c(NCc2ccncc2)c1. The predicted octanol–water partition coefficient (Wildman–Crippen LogP) is 2.91. The molecule has 5 heteroatoms. The first-order valence-electron chi connectivity index (χ1n) is 5.54. The number of benzene rings is 1. The molecule has 1 heterocycles. The van der Waals surface area contributed by atoms with Crippen LogP contribution in [0.15, 0.2) is 42.7 Å². The van der Waals surface area contributed by atoms with Crippen molar-refractivity contribution in [1.82, 2.24) is 4.98 Å².